The van der Waals surface area contributed by atoms with Crippen molar-refractivity contribution in [3.8, 4) is 11.5 Å². The largest absolute Gasteiger partial charge is 0.486 e. The van der Waals surface area contributed by atoms with Crippen molar-refractivity contribution in [3.05, 3.63) is 59.2 Å². The number of ether oxygens (including phenoxy) is 3. The smallest absolute Gasteiger partial charge is 0.338 e. The summed E-state index contributed by atoms with van der Waals surface area (Å²) in [6.45, 7) is 1.44. The van der Waals surface area contributed by atoms with Gasteiger partial charge < -0.3 is 14.2 Å². The Morgan fingerprint density at radius 1 is 0.929 bits per heavy atom. The van der Waals surface area contributed by atoms with E-state index in [2.05, 4.69) is 0 Å². The maximum atomic E-state index is 12.3. The molecule has 4 rings (SSSR count). The van der Waals surface area contributed by atoms with Crippen LogP contribution in [0, 0.1) is 0 Å². The van der Waals surface area contributed by atoms with Crippen molar-refractivity contribution >= 4 is 17.8 Å². The van der Waals surface area contributed by atoms with Crippen LogP contribution in [0.5, 0.6) is 11.5 Å². The fourth-order valence-electron chi connectivity index (χ4n) is 3.23. The van der Waals surface area contributed by atoms with Crippen LogP contribution < -0.4 is 9.47 Å². The van der Waals surface area contributed by atoms with Crippen LogP contribution in [-0.4, -0.2) is 49.0 Å². The number of imide groups is 1. The molecule has 0 fully saturated rings. The first-order valence-electron chi connectivity index (χ1n) is 9.17. The van der Waals surface area contributed by atoms with Gasteiger partial charge in [-0.2, -0.15) is 0 Å². The molecule has 2 aliphatic heterocycles. The molecule has 2 aliphatic rings. The Balaban J connectivity index is 1.24. The summed E-state index contributed by atoms with van der Waals surface area (Å²) in [7, 11) is 0. The molecule has 144 valence electrons. The third-order valence-corrected chi connectivity index (χ3v) is 4.67. The Hall–Kier alpha value is -3.35. The Morgan fingerprint density at radius 2 is 1.61 bits per heavy atom. The van der Waals surface area contributed by atoms with E-state index in [9.17, 15) is 14.4 Å². The first-order chi connectivity index (χ1) is 13.6. The second-order valence-corrected chi connectivity index (χ2v) is 6.51. The number of esters is 1. The highest BCUT2D eigenvalue weighted by Gasteiger charge is 2.34. The molecule has 0 N–H and O–H groups in total. The summed E-state index contributed by atoms with van der Waals surface area (Å²) in [4.78, 5) is 38.0. The third-order valence-electron chi connectivity index (χ3n) is 4.67. The third kappa shape index (κ3) is 3.43. The quantitative estimate of drug-likeness (QED) is 0.435. The number of nitrogens with zero attached hydrogens (tertiary/aromatic N) is 1. The summed E-state index contributed by atoms with van der Waals surface area (Å²) in [5.74, 6) is 0.163. The minimum atomic E-state index is -0.447. The van der Waals surface area contributed by atoms with Crippen LogP contribution >= 0.6 is 0 Å². The Kier molecular flexibility index (Phi) is 4.97. The van der Waals surface area contributed by atoms with Crippen LogP contribution in [-0.2, 0) is 4.74 Å². The maximum absolute atomic E-state index is 12.3. The monoisotopic (exact) mass is 381 g/mol. The van der Waals surface area contributed by atoms with E-state index in [1.807, 2.05) is 0 Å². The molecule has 0 aliphatic carbocycles. The van der Waals surface area contributed by atoms with Gasteiger partial charge in [0.15, 0.2) is 11.5 Å². The summed E-state index contributed by atoms with van der Waals surface area (Å²) in [6.07, 6.45) is 1.10. The molecule has 0 aromatic heterocycles. The van der Waals surface area contributed by atoms with E-state index in [0.717, 1.165) is 0 Å². The normalized spacial score (nSPS) is 14.8. The number of carbonyl (C=O) groups excluding carboxylic acids is 3. The molecule has 7 heteroatoms. The number of rotatable bonds is 6. The summed E-state index contributed by atoms with van der Waals surface area (Å²) in [5, 5.41) is 0. The van der Waals surface area contributed by atoms with Crippen molar-refractivity contribution in [2.75, 3.05) is 26.4 Å². The van der Waals surface area contributed by atoms with Crippen LogP contribution in [0.2, 0.25) is 0 Å². The van der Waals surface area contributed by atoms with Gasteiger partial charge in [0, 0.05) is 6.54 Å². The van der Waals surface area contributed by atoms with E-state index in [0.29, 0.717) is 60.8 Å². The highest BCUT2D eigenvalue weighted by Crippen LogP contribution is 2.31. The van der Waals surface area contributed by atoms with Crippen LogP contribution in [0.15, 0.2) is 42.5 Å². The molecule has 0 bridgehead atoms. The molecule has 0 spiro atoms. The van der Waals surface area contributed by atoms with E-state index in [1.165, 1.54) is 4.90 Å². The molecule has 0 saturated heterocycles. The van der Waals surface area contributed by atoms with Crippen molar-refractivity contribution in [1.82, 2.24) is 4.90 Å². The minimum absolute atomic E-state index is 0.205. The highest BCUT2D eigenvalue weighted by atomic mass is 16.6. The van der Waals surface area contributed by atoms with Crippen molar-refractivity contribution in [2.45, 2.75) is 12.8 Å². The lowest BCUT2D eigenvalue weighted by molar-refractivity contribution is 0.0484. The lowest BCUT2D eigenvalue weighted by Crippen LogP contribution is -2.30. The van der Waals surface area contributed by atoms with E-state index in [-0.39, 0.29) is 18.4 Å². The molecule has 0 radical (unpaired) electrons. The number of carbonyl (C=O) groups is 3. The van der Waals surface area contributed by atoms with Crippen molar-refractivity contribution in [2.24, 2.45) is 0 Å². The van der Waals surface area contributed by atoms with Gasteiger partial charge in [0.25, 0.3) is 11.8 Å². The number of benzene rings is 2. The average molecular weight is 381 g/mol. The molecule has 2 aromatic rings. The van der Waals surface area contributed by atoms with Gasteiger partial charge in [-0.05, 0) is 43.2 Å². The van der Waals surface area contributed by atoms with Crippen LogP contribution in [0.1, 0.15) is 43.9 Å². The maximum Gasteiger partial charge on any atom is 0.338 e. The van der Waals surface area contributed by atoms with E-state index < -0.39 is 5.97 Å². The zero-order chi connectivity index (χ0) is 19.5. The van der Waals surface area contributed by atoms with Gasteiger partial charge >= 0.3 is 5.97 Å². The first-order valence-corrected chi connectivity index (χ1v) is 9.17. The lowest BCUT2D eigenvalue weighted by Gasteiger charge is -2.18. The second kappa shape index (κ2) is 7.72. The number of amides is 2. The zero-order valence-corrected chi connectivity index (χ0v) is 15.2. The Morgan fingerprint density at radius 3 is 2.32 bits per heavy atom. The fraction of sp³-hybridized carbons (Fsp3) is 0.286. The van der Waals surface area contributed by atoms with Crippen molar-refractivity contribution < 1.29 is 28.6 Å². The zero-order valence-electron chi connectivity index (χ0n) is 15.2. The molecule has 2 aromatic carbocycles. The average Bonchev–Trinajstić information content (AvgIpc) is 2.98. The van der Waals surface area contributed by atoms with Gasteiger partial charge in [0.05, 0.1) is 23.3 Å². The van der Waals surface area contributed by atoms with Crippen molar-refractivity contribution in [3.63, 3.8) is 0 Å². The minimum Gasteiger partial charge on any atom is -0.486 e. The van der Waals surface area contributed by atoms with Gasteiger partial charge in [0.2, 0.25) is 0 Å². The number of fused-ring (bicyclic) bond motifs is 2. The van der Waals surface area contributed by atoms with E-state index >= 15 is 0 Å². The molecule has 2 amide bonds. The fourth-order valence-corrected chi connectivity index (χ4v) is 3.23. The van der Waals surface area contributed by atoms with Crippen LogP contribution in [0.3, 0.4) is 0 Å². The molecular weight excluding hydrogens is 362 g/mol. The van der Waals surface area contributed by atoms with Gasteiger partial charge in [0.1, 0.15) is 13.2 Å². The van der Waals surface area contributed by atoms with Crippen molar-refractivity contribution in [1.29, 1.82) is 0 Å². The standard InChI is InChI=1S/C21H19NO6/c23-19-15-5-1-2-6-16(15)20(24)22(19)9-3-4-10-28-21(25)14-7-8-17-18(13-14)27-12-11-26-17/h1-2,5-8,13H,3-4,9-12H2. The molecule has 2 heterocycles. The topological polar surface area (TPSA) is 82.1 Å². The summed E-state index contributed by atoms with van der Waals surface area (Å²) in [6, 6.07) is 11.7. The molecule has 0 unspecified atom stereocenters. The predicted octanol–water partition coefficient (Wildman–Crippen LogP) is 2.69. The van der Waals surface area contributed by atoms with Gasteiger partial charge in [-0.1, -0.05) is 12.1 Å². The van der Waals surface area contributed by atoms with Gasteiger partial charge in [-0.25, -0.2) is 4.79 Å². The summed E-state index contributed by atoms with van der Waals surface area (Å²) < 4.78 is 16.2. The van der Waals surface area contributed by atoms with Crippen LogP contribution in [0.25, 0.3) is 0 Å². The first kappa shape index (κ1) is 18.0. The van der Waals surface area contributed by atoms with Crippen LogP contribution in [0.4, 0.5) is 0 Å². The Bertz CT molecular complexity index is 903. The molecule has 0 atom stereocenters. The summed E-state index contributed by atoms with van der Waals surface area (Å²) >= 11 is 0. The van der Waals surface area contributed by atoms with Gasteiger partial charge in [-0.15, -0.1) is 0 Å². The van der Waals surface area contributed by atoms with Gasteiger partial charge in [-0.3, -0.25) is 14.5 Å². The van der Waals surface area contributed by atoms with E-state index in [1.54, 1.807) is 42.5 Å². The molecular formula is C21H19NO6. The van der Waals surface area contributed by atoms with E-state index in [4.69, 9.17) is 14.2 Å². The SMILES string of the molecule is O=C(OCCCCN1C(=O)c2ccccc2C1=O)c1ccc2c(c1)OCCO2. The second-order valence-electron chi connectivity index (χ2n) is 6.51. The molecule has 7 nitrogen and oxygen atoms in total. The number of hydrogen-bond donors (Lipinski definition) is 0. The lowest BCUT2D eigenvalue weighted by atomic mass is 10.1. The molecule has 28 heavy (non-hydrogen) atoms. The Labute approximate surface area is 161 Å². The number of hydrogen-bond acceptors (Lipinski definition) is 6. The highest BCUT2D eigenvalue weighted by molar-refractivity contribution is 6.21. The summed E-state index contributed by atoms with van der Waals surface area (Å²) in [5.41, 5.74) is 1.28. The number of unbranched alkanes of at least 4 members (excludes halogenated alkanes) is 1. The molecule has 0 saturated carbocycles. The predicted molar refractivity (Wildman–Crippen MR) is 98.8 cm³/mol.